The molecule has 1 saturated heterocycles. The van der Waals surface area contributed by atoms with E-state index in [2.05, 4.69) is 0 Å². The number of nitrogens with zero attached hydrogens (tertiary/aromatic N) is 2. The average molecular weight is 367 g/mol. The number of carbonyl (C=O) groups excluding carboxylic acids is 1. The monoisotopic (exact) mass is 366 g/mol. The Kier molecular flexibility index (Phi) is 6.27. The zero-order valence-corrected chi connectivity index (χ0v) is 16.8. The molecule has 0 atom stereocenters. The van der Waals surface area contributed by atoms with E-state index in [1.807, 2.05) is 51.7 Å². The first-order valence-corrected chi connectivity index (χ1v) is 10.5. The van der Waals surface area contributed by atoms with Gasteiger partial charge < -0.3 is 4.90 Å². The number of hydrogen-bond acceptors (Lipinski definition) is 3. The smallest absolute Gasteiger partial charge is 0.243 e. The molecule has 25 heavy (non-hydrogen) atoms. The quantitative estimate of drug-likeness (QED) is 0.805. The molecule has 1 aromatic rings. The second kappa shape index (κ2) is 7.87. The highest BCUT2D eigenvalue weighted by molar-refractivity contribution is 7.89. The van der Waals surface area contributed by atoms with Crippen molar-refractivity contribution in [1.82, 2.24) is 9.21 Å². The van der Waals surface area contributed by atoms with Gasteiger partial charge in [-0.3, -0.25) is 4.79 Å². The van der Waals surface area contributed by atoms with Crippen molar-refractivity contribution in [2.75, 3.05) is 26.2 Å². The molecule has 1 aliphatic rings. The van der Waals surface area contributed by atoms with E-state index in [4.69, 9.17) is 0 Å². The van der Waals surface area contributed by atoms with Gasteiger partial charge >= 0.3 is 0 Å². The second-order valence-electron chi connectivity index (χ2n) is 6.97. The largest absolute Gasteiger partial charge is 0.340 e. The third-order valence-electron chi connectivity index (χ3n) is 5.09. The number of amides is 1. The van der Waals surface area contributed by atoms with Crippen molar-refractivity contribution in [3.63, 3.8) is 0 Å². The molecule has 0 bridgehead atoms. The highest BCUT2D eigenvalue weighted by Crippen LogP contribution is 2.26. The number of hydrogen-bond donors (Lipinski definition) is 0. The number of piperazine rings is 1. The fourth-order valence-corrected chi connectivity index (χ4v) is 5.58. The lowest BCUT2D eigenvalue weighted by molar-refractivity contribution is -0.136. The molecule has 1 aromatic carbocycles. The minimum absolute atomic E-state index is 0.0461. The van der Waals surface area contributed by atoms with Crippen molar-refractivity contribution < 1.29 is 13.2 Å². The van der Waals surface area contributed by atoms with Crippen LogP contribution in [0, 0.1) is 26.7 Å². The molecule has 0 saturated carbocycles. The molecular formula is C19H30N2O3S. The Morgan fingerprint density at radius 3 is 1.92 bits per heavy atom. The van der Waals surface area contributed by atoms with E-state index in [9.17, 15) is 13.2 Å². The molecule has 140 valence electrons. The highest BCUT2D eigenvalue weighted by atomic mass is 32.2. The number of rotatable bonds is 5. The molecule has 0 aromatic heterocycles. The van der Waals surface area contributed by atoms with Gasteiger partial charge in [0.05, 0.1) is 4.90 Å². The zero-order valence-electron chi connectivity index (χ0n) is 16.0. The summed E-state index contributed by atoms with van der Waals surface area (Å²) in [7, 11) is -3.53. The van der Waals surface area contributed by atoms with E-state index in [1.54, 1.807) is 0 Å². The molecular weight excluding hydrogens is 336 g/mol. The number of carbonyl (C=O) groups is 1. The predicted octanol–water partition coefficient (Wildman–Crippen LogP) is 2.88. The summed E-state index contributed by atoms with van der Waals surface area (Å²) in [5.74, 6) is 0.203. The normalized spacial score (nSPS) is 16.5. The van der Waals surface area contributed by atoms with Crippen molar-refractivity contribution in [2.45, 2.75) is 52.4 Å². The van der Waals surface area contributed by atoms with Gasteiger partial charge in [0.2, 0.25) is 15.9 Å². The van der Waals surface area contributed by atoms with E-state index < -0.39 is 10.0 Å². The van der Waals surface area contributed by atoms with Crippen LogP contribution in [0.2, 0.25) is 0 Å². The van der Waals surface area contributed by atoms with Crippen molar-refractivity contribution >= 4 is 15.9 Å². The fourth-order valence-electron chi connectivity index (χ4n) is 3.75. The van der Waals surface area contributed by atoms with Crippen LogP contribution >= 0.6 is 0 Å². The molecule has 1 aliphatic heterocycles. The van der Waals surface area contributed by atoms with Crippen LogP contribution in [-0.2, 0) is 14.8 Å². The van der Waals surface area contributed by atoms with Gasteiger partial charge in [-0.1, -0.05) is 31.5 Å². The molecule has 0 radical (unpaired) electrons. The van der Waals surface area contributed by atoms with Crippen LogP contribution in [0.1, 0.15) is 43.4 Å². The maximum absolute atomic E-state index is 13.1. The van der Waals surface area contributed by atoms with Crippen molar-refractivity contribution in [3.8, 4) is 0 Å². The molecule has 6 heteroatoms. The van der Waals surface area contributed by atoms with Crippen LogP contribution in [0.4, 0.5) is 0 Å². The van der Waals surface area contributed by atoms with E-state index in [0.29, 0.717) is 31.1 Å². The van der Waals surface area contributed by atoms with Gasteiger partial charge in [-0.25, -0.2) is 8.42 Å². The third-order valence-corrected chi connectivity index (χ3v) is 7.29. The summed E-state index contributed by atoms with van der Waals surface area (Å²) in [5.41, 5.74) is 2.63. The average Bonchev–Trinajstić information content (AvgIpc) is 2.54. The summed E-state index contributed by atoms with van der Waals surface area (Å²) in [5, 5.41) is 0. The van der Waals surface area contributed by atoms with E-state index in [-0.39, 0.29) is 11.8 Å². The Hall–Kier alpha value is -1.40. The van der Waals surface area contributed by atoms with E-state index in [1.165, 1.54) is 4.31 Å². The van der Waals surface area contributed by atoms with Gasteiger partial charge in [-0.05, 0) is 44.7 Å². The van der Waals surface area contributed by atoms with Crippen molar-refractivity contribution in [3.05, 3.63) is 28.8 Å². The summed E-state index contributed by atoms with van der Waals surface area (Å²) in [6.45, 7) is 11.4. The van der Waals surface area contributed by atoms with E-state index in [0.717, 1.165) is 29.5 Å². The third kappa shape index (κ3) is 4.06. The predicted molar refractivity (Wildman–Crippen MR) is 100 cm³/mol. The molecule has 1 amide bonds. The SMILES string of the molecule is CCC(CC)C(=O)N1CCN(S(=O)(=O)c2c(C)cc(C)cc2C)CC1. The topological polar surface area (TPSA) is 57.7 Å². The molecule has 1 fully saturated rings. The van der Waals surface area contributed by atoms with Crippen molar-refractivity contribution in [2.24, 2.45) is 5.92 Å². The van der Waals surface area contributed by atoms with Crippen LogP contribution in [0.15, 0.2) is 17.0 Å². The lowest BCUT2D eigenvalue weighted by atomic mass is 10.0. The Morgan fingerprint density at radius 2 is 1.48 bits per heavy atom. The van der Waals surface area contributed by atoms with Gasteiger partial charge in [0.1, 0.15) is 0 Å². The highest BCUT2D eigenvalue weighted by Gasteiger charge is 2.33. The van der Waals surface area contributed by atoms with Gasteiger partial charge in [0, 0.05) is 32.1 Å². The molecule has 5 nitrogen and oxygen atoms in total. The lowest BCUT2D eigenvalue weighted by Crippen LogP contribution is -2.52. The Labute approximate surface area is 152 Å². The van der Waals surface area contributed by atoms with Crippen LogP contribution < -0.4 is 0 Å². The first-order valence-electron chi connectivity index (χ1n) is 9.09. The minimum Gasteiger partial charge on any atom is -0.340 e. The molecule has 0 aliphatic carbocycles. The van der Waals surface area contributed by atoms with E-state index >= 15 is 0 Å². The molecule has 0 spiro atoms. The van der Waals surface area contributed by atoms with Crippen LogP contribution in [0.3, 0.4) is 0 Å². The number of aryl methyl sites for hydroxylation is 3. The lowest BCUT2D eigenvalue weighted by Gasteiger charge is -2.36. The second-order valence-corrected chi connectivity index (χ2v) is 8.85. The molecule has 0 unspecified atom stereocenters. The minimum atomic E-state index is -3.53. The summed E-state index contributed by atoms with van der Waals surface area (Å²) >= 11 is 0. The van der Waals surface area contributed by atoms with Gasteiger partial charge in [0.25, 0.3) is 0 Å². The standard InChI is InChI=1S/C19H30N2O3S/c1-6-17(7-2)19(22)20-8-10-21(11-9-20)25(23,24)18-15(4)12-14(3)13-16(18)5/h12-13,17H,6-11H2,1-5H3. The summed E-state index contributed by atoms with van der Waals surface area (Å²) < 4.78 is 27.7. The van der Waals surface area contributed by atoms with Crippen LogP contribution in [0.5, 0.6) is 0 Å². The number of sulfonamides is 1. The molecule has 2 rings (SSSR count). The first kappa shape index (κ1) is 19.9. The Morgan fingerprint density at radius 1 is 1.00 bits per heavy atom. The van der Waals surface area contributed by atoms with Crippen molar-refractivity contribution in [1.29, 1.82) is 0 Å². The Bertz CT molecular complexity index is 708. The van der Waals surface area contributed by atoms with Crippen LogP contribution in [0.25, 0.3) is 0 Å². The molecule has 0 N–H and O–H groups in total. The zero-order chi connectivity index (χ0) is 18.8. The summed E-state index contributed by atoms with van der Waals surface area (Å²) in [6, 6.07) is 3.82. The van der Waals surface area contributed by atoms with Gasteiger partial charge in [-0.15, -0.1) is 0 Å². The Balaban J connectivity index is 2.16. The first-order chi connectivity index (χ1) is 11.7. The van der Waals surface area contributed by atoms with Gasteiger partial charge in [0.15, 0.2) is 0 Å². The number of benzene rings is 1. The fraction of sp³-hybridized carbons (Fsp3) is 0.632. The molecule has 1 heterocycles. The maximum Gasteiger partial charge on any atom is 0.243 e. The van der Waals surface area contributed by atoms with Gasteiger partial charge in [-0.2, -0.15) is 4.31 Å². The maximum atomic E-state index is 13.1. The summed E-state index contributed by atoms with van der Waals surface area (Å²) in [6.07, 6.45) is 1.66. The summed E-state index contributed by atoms with van der Waals surface area (Å²) in [4.78, 5) is 14.7. The van der Waals surface area contributed by atoms with Crippen LogP contribution in [-0.4, -0.2) is 49.7 Å².